The molecular formula is C12H14BrNO4. The van der Waals surface area contributed by atoms with Crippen LogP contribution in [-0.2, 0) is 11.2 Å². The van der Waals surface area contributed by atoms with E-state index < -0.39 is 12.0 Å². The monoisotopic (exact) mass is 315 g/mol. The van der Waals surface area contributed by atoms with Crippen LogP contribution < -0.4 is 15.2 Å². The maximum absolute atomic E-state index is 10.8. The molecule has 98 valence electrons. The second kappa shape index (κ2) is 5.58. The summed E-state index contributed by atoms with van der Waals surface area (Å²) in [5, 5.41) is 8.85. The molecule has 1 aromatic rings. The van der Waals surface area contributed by atoms with Gasteiger partial charge in [0.05, 0.1) is 17.7 Å². The van der Waals surface area contributed by atoms with Gasteiger partial charge in [-0.3, -0.25) is 4.79 Å². The topological polar surface area (TPSA) is 81.8 Å². The molecule has 1 heterocycles. The summed E-state index contributed by atoms with van der Waals surface area (Å²) in [6.07, 6.45) is 1.01. The molecule has 1 atom stereocenters. The lowest BCUT2D eigenvalue weighted by molar-refractivity contribution is -0.138. The van der Waals surface area contributed by atoms with Gasteiger partial charge >= 0.3 is 5.97 Å². The molecule has 2 rings (SSSR count). The fourth-order valence-electron chi connectivity index (χ4n) is 1.76. The first-order valence-corrected chi connectivity index (χ1v) is 6.44. The standard InChI is InChI=1S/C12H14BrNO4/c13-8-3-2-7(6-9(14)12(15)16)10-11(8)18-5-1-4-17-10/h2-3,9H,1,4-6,14H2,(H,15,16). The predicted octanol–water partition coefficient (Wildman–Crippen LogP) is 1.56. The van der Waals surface area contributed by atoms with E-state index in [9.17, 15) is 4.79 Å². The summed E-state index contributed by atoms with van der Waals surface area (Å²) < 4.78 is 12.0. The molecule has 1 unspecified atom stereocenters. The van der Waals surface area contributed by atoms with Gasteiger partial charge < -0.3 is 20.3 Å². The molecule has 5 nitrogen and oxygen atoms in total. The molecule has 0 spiro atoms. The maximum Gasteiger partial charge on any atom is 0.320 e. The van der Waals surface area contributed by atoms with Crippen molar-refractivity contribution in [2.75, 3.05) is 13.2 Å². The Morgan fingerprint density at radius 3 is 2.72 bits per heavy atom. The van der Waals surface area contributed by atoms with Crippen LogP contribution in [0, 0.1) is 0 Å². The molecule has 18 heavy (non-hydrogen) atoms. The second-order valence-corrected chi connectivity index (χ2v) is 4.92. The van der Waals surface area contributed by atoms with Crippen LogP contribution >= 0.6 is 15.9 Å². The van der Waals surface area contributed by atoms with Gasteiger partial charge in [-0.05, 0) is 22.0 Å². The summed E-state index contributed by atoms with van der Waals surface area (Å²) in [5.41, 5.74) is 6.31. The number of carboxylic acid groups (broad SMARTS) is 1. The van der Waals surface area contributed by atoms with Crippen LogP contribution in [0.5, 0.6) is 11.5 Å². The third kappa shape index (κ3) is 2.76. The average Bonchev–Trinajstić information content (AvgIpc) is 2.58. The highest BCUT2D eigenvalue weighted by Gasteiger charge is 2.21. The lowest BCUT2D eigenvalue weighted by Crippen LogP contribution is -2.32. The van der Waals surface area contributed by atoms with E-state index in [1.165, 1.54) is 0 Å². The van der Waals surface area contributed by atoms with Crippen molar-refractivity contribution in [1.29, 1.82) is 0 Å². The minimum atomic E-state index is -1.03. The number of nitrogens with two attached hydrogens (primary N) is 1. The Labute approximate surface area is 113 Å². The molecule has 6 heteroatoms. The Morgan fingerprint density at radius 2 is 2.06 bits per heavy atom. The van der Waals surface area contributed by atoms with Crippen LogP contribution in [0.25, 0.3) is 0 Å². The van der Waals surface area contributed by atoms with Crippen molar-refractivity contribution in [3.05, 3.63) is 22.2 Å². The molecule has 0 aromatic heterocycles. The lowest BCUT2D eigenvalue weighted by atomic mass is 10.1. The summed E-state index contributed by atoms with van der Waals surface area (Å²) >= 11 is 3.39. The Hall–Kier alpha value is -1.27. The van der Waals surface area contributed by atoms with Gasteiger partial charge in [-0.15, -0.1) is 0 Å². The highest BCUT2D eigenvalue weighted by molar-refractivity contribution is 9.10. The van der Waals surface area contributed by atoms with Crippen molar-refractivity contribution in [3.8, 4) is 11.5 Å². The van der Waals surface area contributed by atoms with Crippen molar-refractivity contribution >= 4 is 21.9 Å². The van der Waals surface area contributed by atoms with E-state index in [1.54, 1.807) is 6.07 Å². The molecule has 0 saturated heterocycles. The zero-order valence-electron chi connectivity index (χ0n) is 9.69. The van der Waals surface area contributed by atoms with E-state index in [0.717, 1.165) is 16.5 Å². The van der Waals surface area contributed by atoms with Crippen molar-refractivity contribution in [1.82, 2.24) is 0 Å². The van der Waals surface area contributed by atoms with Crippen LogP contribution in [0.1, 0.15) is 12.0 Å². The summed E-state index contributed by atoms with van der Waals surface area (Å²) in [6.45, 7) is 1.14. The Kier molecular flexibility index (Phi) is 4.08. The Balaban J connectivity index is 2.33. The molecule has 1 aromatic carbocycles. The largest absolute Gasteiger partial charge is 0.489 e. The van der Waals surface area contributed by atoms with Crippen molar-refractivity contribution in [3.63, 3.8) is 0 Å². The summed E-state index contributed by atoms with van der Waals surface area (Å²) in [6, 6.07) is 2.68. The molecular weight excluding hydrogens is 302 g/mol. The average molecular weight is 316 g/mol. The van der Waals surface area contributed by atoms with Crippen LogP contribution in [-0.4, -0.2) is 30.3 Å². The number of carbonyl (C=O) groups is 1. The number of fused-ring (bicyclic) bond motifs is 1. The van der Waals surface area contributed by atoms with Crippen LogP contribution in [0.15, 0.2) is 16.6 Å². The number of benzene rings is 1. The second-order valence-electron chi connectivity index (χ2n) is 4.06. The highest BCUT2D eigenvalue weighted by atomic mass is 79.9. The zero-order valence-corrected chi connectivity index (χ0v) is 11.3. The first kappa shape index (κ1) is 13.2. The smallest absolute Gasteiger partial charge is 0.320 e. The predicted molar refractivity (Wildman–Crippen MR) is 69.1 cm³/mol. The molecule has 1 aliphatic heterocycles. The minimum absolute atomic E-state index is 0.217. The van der Waals surface area contributed by atoms with E-state index in [1.807, 2.05) is 6.07 Å². The van der Waals surface area contributed by atoms with E-state index in [-0.39, 0.29) is 6.42 Å². The number of aliphatic carboxylic acids is 1. The normalized spacial score (nSPS) is 15.9. The quantitative estimate of drug-likeness (QED) is 0.884. The molecule has 0 fully saturated rings. The molecule has 0 saturated carbocycles. The van der Waals surface area contributed by atoms with Gasteiger partial charge in [0.25, 0.3) is 0 Å². The van der Waals surface area contributed by atoms with Gasteiger partial charge in [-0.2, -0.15) is 0 Å². The number of hydrogen-bond acceptors (Lipinski definition) is 4. The molecule has 0 amide bonds. The van der Waals surface area contributed by atoms with Gasteiger partial charge in [0.15, 0.2) is 11.5 Å². The van der Waals surface area contributed by atoms with Gasteiger partial charge in [0.1, 0.15) is 6.04 Å². The minimum Gasteiger partial charge on any atom is -0.489 e. The Bertz CT molecular complexity index is 464. The molecule has 3 N–H and O–H groups in total. The first-order chi connectivity index (χ1) is 8.59. The van der Waals surface area contributed by atoms with E-state index >= 15 is 0 Å². The summed E-state index contributed by atoms with van der Waals surface area (Å²) in [5.74, 6) is 0.197. The molecule has 0 aliphatic carbocycles. The fourth-order valence-corrected chi connectivity index (χ4v) is 2.19. The SMILES string of the molecule is NC(Cc1ccc(Br)c2c1OCCCO2)C(=O)O. The summed E-state index contributed by atoms with van der Waals surface area (Å²) in [7, 11) is 0. The number of hydrogen-bond donors (Lipinski definition) is 2. The highest BCUT2D eigenvalue weighted by Crippen LogP contribution is 2.40. The van der Waals surface area contributed by atoms with Gasteiger partial charge in [-0.25, -0.2) is 0 Å². The van der Waals surface area contributed by atoms with Crippen molar-refractivity contribution < 1.29 is 19.4 Å². The zero-order chi connectivity index (χ0) is 13.1. The fraction of sp³-hybridized carbons (Fsp3) is 0.417. The molecule has 1 aliphatic rings. The third-order valence-electron chi connectivity index (χ3n) is 2.68. The number of ether oxygens (including phenoxy) is 2. The lowest BCUT2D eigenvalue weighted by Gasteiger charge is -2.15. The van der Waals surface area contributed by atoms with E-state index in [2.05, 4.69) is 15.9 Å². The van der Waals surface area contributed by atoms with Crippen LogP contribution in [0.4, 0.5) is 0 Å². The first-order valence-electron chi connectivity index (χ1n) is 5.65. The van der Waals surface area contributed by atoms with Crippen LogP contribution in [0.3, 0.4) is 0 Å². The van der Waals surface area contributed by atoms with Gasteiger partial charge in [0.2, 0.25) is 0 Å². The number of halogens is 1. The summed E-state index contributed by atoms with van der Waals surface area (Å²) in [4.78, 5) is 10.8. The third-order valence-corrected chi connectivity index (χ3v) is 3.31. The molecule has 0 bridgehead atoms. The molecule has 0 radical (unpaired) electrons. The van der Waals surface area contributed by atoms with E-state index in [0.29, 0.717) is 24.7 Å². The van der Waals surface area contributed by atoms with Gasteiger partial charge in [0, 0.05) is 18.4 Å². The van der Waals surface area contributed by atoms with Crippen LogP contribution in [0.2, 0.25) is 0 Å². The Morgan fingerprint density at radius 1 is 1.39 bits per heavy atom. The maximum atomic E-state index is 10.8. The number of carboxylic acids is 1. The van der Waals surface area contributed by atoms with Crippen molar-refractivity contribution in [2.45, 2.75) is 18.9 Å². The van der Waals surface area contributed by atoms with Gasteiger partial charge in [-0.1, -0.05) is 6.07 Å². The van der Waals surface area contributed by atoms with Crippen molar-refractivity contribution in [2.24, 2.45) is 5.73 Å². The number of rotatable bonds is 3. The van der Waals surface area contributed by atoms with E-state index in [4.69, 9.17) is 20.3 Å².